The summed E-state index contributed by atoms with van der Waals surface area (Å²) in [6.45, 7) is 1.81. The van der Waals surface area contributed by atoms with Crippen LogP contribution in [-0.2, 0) is 11.2 Å². The van der Waals surface area contributed by atoms with Crippen molar-refractivity contribution in [2.45, 2.75) is 13.3 Å². The quantitative estimate of drug-likeness (QED) is 0.724. The number of aromatic amines is 1. The number of halogens is 1. The third-order valence-electron chi connectivity index (χ3n) is 3.35. The van der Waals surface area contributed by atoms with Gasteiger partial charge < -0.3 is 10.3 Å². The number of amides is 1. The van der Waals surface area contributed by atoms with E-state index in [1.807, 2.05) is 37.4 Å². The van der Waals surface area contributed by atoms with Crippen molar-refractivity contribution < 1.29 is 4.79 Å². The van der Waals surface area contributed by atoms with Crippen LogP contribution >= 0.6 is 11.6 Å². The van der Waals surface area contributed by atoms with E-state index in [-0.39, 0.29) is 5.91 Å². The van der Waals surface area contributed by atoms with E-state index in [1.165, 1.54) is 0 Å². The molecular formula is C16H14ClN3O. The van der Waals surface area contributed by atoms with E-state index in [1.54, 1.807) is 12.1 Å². The first-order valence-corrected chi connectivity index (χ1v) is 6.99. The molecule has 2 heterocycles. The summed E-state index contributed by atoms with van der Waals surface area (Å²) in [5.41, 5.74) is 3.39. The van der Waals surface area contributed by atoms with E-state index in [2.05, 4.69) is 15.3 Å². The lowest BCUT2D eigenvalue weighted by Gasteiger charge is -2.07. The molecule has 0 radical (unpaired) electrons. The normalized spacial score (nSPS) is 10.8. The molecule has 4 nitrogen and oxygen atoms in total. The predicted octanol–water partition coefficient (Wildman–Crippen LogP) is 3.71. The molecule has 0 saturated heterocycles. The highest BCUT2D eigenvalue weighted by Crippen LogP contribution is 2.20. The summed E-state index contributed by atoms with van der Waals surface area (Å²) in [6, 6.07) is 11.3. The van der Waals surface area contributed by atoms with Crippen molar-refractivity contribution in [1.29, 1.82) is 0 Å². The van der Waals surface area contributed by atoms with E-state index in [0.717, 1.165) is 16.5 Å². The minimum Gasteiger partial charge on any atom is -0.361 e. The van der Waals surface area contributed by atoms with E-state index < -0.39 is 0 Å². The molecule has 0 spiro atoms. The number of hydrogen-bond donors (Lipinski definition) is 2. The van der Waals surface area contributed by atoms with Crippen LogP contribution in [0.15, 0.2) is 42.6 Å². The van der Waals surface area contributed by atoms with Gasteiger partial charge in [-0.05, 0) is 30.7 Å². The van der Waals surface area contributed by atoms with Crippen LogP contribution in [0, 0.1) is 6.92 Å². The second-order valence-electron chi connectivity index (χ2n) is 4.85. The summed E-state index contributed by atoms with van der Waals surface area (Å²) in [4.78, 5) is 19.5. The number of para-hydroxylation sites is 1. The van der Waals surface area contributed by atoms with Gasteiger partial charge in [-0.3, -0.25) is 4.79 Å². The summed E-state index contributed by atoms with van der Waals surface area (Å²) in [5, 5.41) is 4.35. The lowest BCUT2D eigenvalue weighted by Crippen LogP contribution is -2.15. The predicted molar refractivity (Wildman–Crippen MR) is 84.6 cm³/mol. The first-order chi connectivity index (χ1) is 10.1. The highest BCUT2D eigenvalue weighted by Gasteiger charge is 2.10. The monoisotopic (exact) mass is 299 g/mol. The number of carbonyl (C=O) groups excluding carboxylic acids is 1. The van der Waals surface area contributed by atoms with Gasteiger partial charge >= 0.3 is 0 Å². The van der Waals surface area contributed by atoms with Crippen molar-refractivity contribution in [2.75, 3.05) is 5.32 Å². The van der Waals surface area contributed by atoms with Crippen molar-refractivity contribution >= 4 is 34.1 Å². The highest BCUT2D eigenvalue weighted by atomic mass is 35.5. The summed E-state index contributed by atoms with van der Waals surface area (Å²) >= 11 is 5.81. The van der Waals surface area contributed by atoms with Crippen molar-refractivity contribution in [3.63, 3.8) is 0 Å². The van der Waals surface area contributed by atoms with Crippen molar-refractivity contribution in [3.8, 4) is 0 Å². The third kappa shape index (κ3) is 2.90. The van der Waals surface area contributed by atoms with E-state index in [9.17, 15) is 4.79 Å². The molecule has 21 heavy (non-hydrogen) atoms. The maximum Gasteiger partial charge on any atom is 0.228 e. The second-order valence-corrected chi connectivity index (χ2v) is 5.24. The molecule has 2 aromatic heterocycles. The zero-order valence-electron chi connectivity index (χ0n) is 11.5. The molecule has 3 aromatic rings. The Balaban J connectivity index is 1.77. The maximum atomic E-state index is 12.2. The first-order valence-electron chi connectivity index (χ1n) is 6.61. The Labute approximate surface area is 127 Å². The van der Waals surface area contributed by atoms with Crippen LogP contribution < -0.4 is 5.32 Å². The molecule has 5 heteroatoms. The lowest BCUT2D eigenvalue weighted by molar-refractivity contribution is -0.115. The van der Waals surface area contributed by atoms with Crippen molar-refractivity contribution in [2.24, 2.45) is 0 Å². The molecule has 3 rings (SSSR count). The lowest BCUT2D eigenvalue weighted by atomic mass is 10.1. The number of aromatic nitrogens is 2. The molecule has 1 amide bonds. The van der Waals surface area contributed by atoms with Gasteiger partial charge in [0.2, 0.25) is 5.91 Å². The Kier molecular flexibility index (Phi) is 3.62. The number of anilines is 1. The Morgan fingerprint density at radius 1 is 1.29 bits per heavy atom. The molecule has 0 atom stereocenters. The maximum absolute atomic E-state index is 12.2. The molecule has 0 saturated carbocycles. The van der Waals surface area contributed by atoms with Crippen LogP contribution in [0.4, 0.5) is 5.69 Å². The molecule has 0 fully saturated rings. The highest BCUT2D eigenvalue weighted by molar-refractivity contribution is 6.29. The van der Waals surface area contributed by atoms with Crippen LogP contribution in [0.25, 0.3) is 10.9 Å². The summed E-state index contributed by atoms with van der Waals surface area (Å²) in [5.74, 6) is -0.0769. The number of rotatable bonds is 3. The molecular weight excluding hydrogens is 286 g/mol. The Morgan fingerprint density at radius 2 is 2.10 bits per heavy atom. The fraction of sp³-hybridized carbons (Fsp3) is 0.125. The number of benzene rings is 1. The largest absolute Gasteiger partial charge is 0.361 e. The Bertz CT molecular complexity index is 810. The number of pyridine rings is 1. The van der Waals surface area contributed by atoms with E-state index in [4.69, 9.17) is 11.6 Å². The molecule has 0 aliphatic rings. The van der Waals surface area contributed by atoms with Crippen LogP contribution in [0.1, 0.15) is 11.3 Å². The first kappa shape index (κ1) is 13.6. The van der Waals surface area contributed by atoms with Gasteiger partial charge in [0, 0.05) is 17.1 Å². The number of aryl methyl sites for hydroxylation is 1. The fourth-order valence-corrected chi connectivity index (χ4v) is 2.50. The molecule has 0 aliphatic heterocycles. The molecule has 0 unspecified atom stereocenters. The standard InChI is InChI=1S/C16H14ClN3O/c1-10-13(6-7-15(17)19-10)20-16(21)8-11-9-18-14-5-3-2-4-12(11)14/h2-7,9,18H,8H2,1H3,(H,20,21). The van der Waals surface area contributed by atoms with Crippen LogP contribution in [-0.4, -0.2) is 15.9 Å². The van der Waals surface area contributed by atoms with Gasteiger partial charge in [0.05, 0.1) is 17.8 Å². The number of fused-ring (bicyclic) bond motifs is 1. The molecule has 0 aliphatic carbocycles. The number of hydrogen-bond acceptors (Lipinski definition) is 2. The van der Waals surface area contributed by atoms with Crippen LogP contribution in [0.5, 0.6) is 0 Å². The smallest absolute Gasteiger partial charge is 0.228 e. The molecule has 1 aromatic carbocycles. The summed E-state index contributed by atoms with van der Waals surface area (Å²) in [6.07, 6.45) is 2.18. The topological polar surface area (TPSA) is 57.8 Å². The molecule has 2 N–H and O–H groups in total. The zero-order valence-corrected chi connectivity index (χ0v) is 12.2. The van der Waals surface area contributed by atoms with Gasteiger partial charge in [-0.2, -0.15) is 0 Å². The van der Waals surface area contributed by atoms with Crippen LogP contribution in [0.3, 0.4) is 0 Å². The average Bonchev–Trinajstić information content (AvgIpc) is 2.85. The summed E-state index contributed by atoms with van der Waals surface area (Å²) in [7, 11) is 0. The van der Waals surface area contributed by atoms with E-state index in [0.29, 0.717) is 23.0 Å². The van der Waals surface area contributed by atoms with E-state index >= 15 is 0 Å². The third-order valence-corrected chi connectivity index (χ3v) is 3.56. The van der Waals surface area contributed by atoms with Crippen LogP contribution in [0.2, 0.25) is 5.15 Å². The Hall–Kier alpha value is -2.33. The minimum atomic E-state index is -0.0769. The number of carbonyl (C=O) groups is 1. The van der Waals surface area contributed by atoms with Gasteiger partial charge in [0.15, 0.2) is 0 Å². The van der Waals surface area contributed by atoms with Gasteiger partial charge in [-0.15, -0.1) is 0 Å². The van der Waals surface area contributed by atoms with Gasteiger partial charge in [0.1, 0.15) is 5.15 Å². The Morgan fingerprint density at radius 3 is 2.90 bits per heavy atom. The molecule has 0 bridgehead atoms. The van der Waals surface area contributed by atoms with Gasteiger partial charge in [-0.1, -0.05) is 29.8 Å². The number of nitrogens with zero attached hydrogens (tertiary/aromatic N) is 1. The SMILES string of the molecule is Cc1nc(Cl)ccc1NC(=O)Cc1c[nH]c2ccccc12. The second kappa shape index (κ2) is 5.58. The van der Waals surface area contributed by atoms with Crippen molar-refractivity contribution in [1.82, 2.24) is 9.97 Å². The average molecular weight is 300 g/mol. The van der Waals surface area contributed by atoms with Gasteiger partial charge in [0.25, 0.3) is 0 Å². The number of H-pyrrole nitrogens is 1. The number of nitrogens with one attached hydrogen (secondary N) is 2. The van der Waals surface area contributed by atoms with Crippen molar-refractivity contribution in [3.05, 3.63) is 59.0 Å². The fourth-order valence-electron chi connectivity index (χ4n) is 2.31. The molecule has 106 valence electrons. The zero-order chi connectivity index (χ0) is 14.8. The minimum absolute atomic E-state index is 0.0769. The summed E-state index contributed by atoms with van der Waals surface area (Å²) < 4.78 is 0. The van der Waals surface area contributed by atoms with Gasteiger partial charge in [-0.25, -0.2) is 4.98 Å².